The molecule has 0 saturated heterocycles. The molecule has 0 amide bonds. The van der Waals surface area contributed by atoms with Crippen molar-refractivity contribution in [2.24, 2.45) is 0 Å². The van der Waals surface area contributed by atoms with Gasteiger partial charge in [-0.05, 0) is 37.1 Å². The number of aromatic nitrogens is 1. The third-order valence-electron chi connectivity index (χ3n) is 2.75. The maximum absolute atomic E-state index is 12.2. The first-order valence-corrected chi connectivity index (χ1v) is 7.80. The molecule has 0 aliphatic heterocycles. The largest absolute Gasteiger partial charge is 0.476 e. The number of thiazole rings is 1. The van der Waals surface area contributed by atoms with Gasteiger partial charge in [0.25, 0.3) is 0 Å². The average molecular weight is 295 g/mol. The van der Waals surface area contributed by atoms with Crippen LogP contribution < -0.4 is 0 Å². The molecule has 2 aromatic rings. The summed E-state index contributed by atoms with van der Waals surface area (Å²) in [4.78, 5) is 15.4. The van der Waals surface area contributed by atoms with Crippen LogP contribution in [0.2, 0.25) is 0 Å². The first-order chi connectivity index (χ1) is 8.97. The van der Waals surface area contributed by atoms with E-state index >= 15 is 0 Å². The van der Waals surface area contributed by atoms with E-state index in [9.17, 15) is 9.00 Å². The predicted octanol–water partition coefficient (Wildman–Crippen LogP) is 2.77. The fraction of sp³-hybridized carbons (Fsp3) is 0.231. The van der Waals surface area contributed by atoms with Crippen LogP contribution >= 0.6 is 11.3 Å². The van der Waals surface area contributed by atoms with E-state index < -0.39 is 16.8 Å². The molecule has 0 saturated carbocycles. The molecule has 1 N–H and O–H groups in total. The van der Waals surface area contributed by atoms with Crippen molar-refractivity contribution in [3.05, 3.63) is 45.4 Å². The quantitative estimate of drug-likeness (QED) is 0.941. The van der Waals surface area contributed by atoms with Gasteiger partial charge < -0.3 is 5.11 Å². The third-order valence-corrected chi connectivity index (χ3v) is 4.97. The van der Waals surface area contributed by atoms with Crippen LogP contribution in [0.15, 0.2) is 28.5 Å². The molecule has 19 heavy (non-hydrogen) atoms. The van der Waals surface area contributed by atoms with Gasteiger partial charge in [0.2, 0.25) is 5.01 Å². The van der Waals surface area contributed by atoms with Crippen LogP contribution in [0.4, 0.5) is 0 Å². The minimum absolute atomic E-state index is 0.0343. The molecule has 2 rings (SSSR count). The Morgan fingerprint density at radius 2 is 2.11 bits per heavy atom. The maximum Gasteiger partial charge on any atom is 0.365 e. The van der Waals surface area contributed by atoms with Gasteiger partial charge in [-0.2, -0.15) is 0 Å². The van der Waals surface area contributed by atoms with E-state index in [0.29, 0.717) is 5.69 Å². The van der Waals surface area contributed by atoms with Crippen LogP contribution in [0, 0.1) is 13.8 Å². The number of rotatable bonds is 4. The fourth-order valence-corrected chi connectivity index (χ4v) is 3.42. The Bertz CT molecular complexity index is 649. The van der Waals surface area contributed by atoms with E-state index in [1.54, 1.807) is 5.38 Å². The average Bonchev–Trinajstić information content (AvgIpc) is 2.81. The highest BCUT2D eigenvalue weighted by Gasteiger charge is 2.12. The molecular formula is C13H13NO3S2. The van der Waals surface area contributed by atoms with Gasteiger partial charge >= 0.3 is 5.97 Å². The van der Waals surface area contributed by atoms with Crippen molar-refractivity contribution in [3.8, 4) is 0 Å². The Morgan fingerprint density at radius 1 is 1.37 bits per heavy atom. The lowest BCUT2D eigenvalue weighted by atomic mass is 10.1. The molecule has 6 heteroatoms. The minimum atomic E-state index is -1.20. The Morgan fingerprint density at radius 3 is 2.68 bits per heavy atom. The second-order valence-electron chi connectivity index (χ2n) is 4.19. The first-order valence-electron chi connectivity index (χ1n) is 5.60. The molecule has 1 atom stereocenters. The van der Waals surface area contributed by atoms with Crippen molar-refractivity contribution in [2.45, 2.75) is 24.5 Å². The second kappa shape index (κ2) is 5.63. The Kier molecular flexibility index (Phi) is 4.11. The van der Waals surface area contributed by atoms with E-state index in [-0.39, 0.29) is 10.8 Å². The Hall–Kier alpha value is -1.53. The molecule has 0 spiro atoms. The number of carboxylic acids is 1. The van der Waals surface area contributed by atoms with Gasteiger partial charge in [0, 0.05) is 10.3 Å². The van der Waals surface area contributed by atoms with Crippen LogP contribution in [0.3, 0.4) is 0 Å². The van der Waals surface area contributed by atoms with Crippen LogP contribution in [0.5, 0.6) is 0 Å². The van der Waals surface area contributed by atoms with Crippen molar-refractivity contribution >= 4 is 28.1 Å². The second-order valence-corrected chi connectivity index (χ2v) is 6.49. The highest BCUT2D eigenvalue weighted by molar-refractivity contribution is 7.84. The highest BCUT2D eigenvalue weighted by Crippen LogP contribution is 2.18. The van der Waals surface area contributed by atoms with Crippen LogP contribution in [0.25, 0.3) is 0 Å². The lowest BCUT2D eigenvalue weighted by molar-refractivity contribution is 0.0696. The lowest BCUT2D eigenvalue weighted by Crippen LogP contribution is -2.00. The number of aromatic carboxylic acids is 1. The van der Waals surface area contributed by atoms with Crippen LogP contribution in [-0.2, 0) is 16.6 Å². The molecule has 0 radical (unpaired) electrons. The lowest BCUT2D eigenvalue weighted by Gasteiger charge is -2.04. The summed E-state index contributed by atoms with van der Waals surface area (Å²) in [7, 11) is -1.20. The summed E-state index contributed by atoms with van der Waals surface area (Å²) in [6.07, 6.45) is 0. The molecule has 0 aliphatic rings. The summed E-state index contributed by atoms with van der Waals surface area (Å²) in [5.41, 5.74) is 2.80. The SMILES string of the molecule is Cc1ccc(S(=O)Cc2csc(C(=O)O)n2)cc1C. The first kappa shape index (κ1) is 13.9. The van der Waals surface area contributed by atoms with Crippen molar-refractivity contribution in [1.82, 2.24) is 4.98 Å². The Balaban J connectivity index is 2.15. The summed E-state index contributed by atoms with van der Waals surface area (Å²) in [5, 5.41) is 10.5. The number of carboxylic acid groups (broad SMARTS) is 1. The van der Waals surface area contributed by atoms with E-state index in [2.05, 4.69) is 4.98 Å². The van der Waals surface area contributed by atoms with Crippen molar-refractivity contribution < 1.29 is 14.1 Å². The monoisotopic (exact) mass is 295 g/mol. The van der Waals surface area contributed by atoms with Gasteiger partial charge in [-0.25, -0.2) is 9.78 Å². The zero-order valence-corrected chi connectivity index (χ0v) is 12.2. The molecular weight excluding hydrogens is 282 g/mol. The van der Waals surface area contributed by atoms with E-state index in [4.69, 9.17) is 5.11 Å². The molecule has 1 aromatic heterocycles. The van der Waals surface area contributed by atoms with E-state index in [1.165, 1.54) is 0 Å². The molecule has 0 fully saturated rings. The van der Waals surface area contributed by atoms with Crippen molar-refractivity contribution in [3.63, 3.8) is 0 Å². The van der Waals surface area contributed by atoms with Crippen LogP contribution in [0.1, 0.15) is 26.6 Å². The maximum atomic E-state index is 12.2. The summed E-state index contributed by atoms with van der Waals surface area (Å²) >= 11 is 1.06. The number of nitrogens with zero attached hydrogens (tertiary/aromatic N) is 1. The molecule has 100 valence electrons. The summed E-state index contributed by atoms with van der Waals surface area (Å²) in [5.74, 6) is -0.806. The smallest absolute Gasteiger partial charge is 0.365 e. The van der Waals surface area contributed by atoms with Gasteiger partial charge in [0.05, 0.1) is 22.2 Å². The molecule has 1 aromatic carbocycles. The number of aryl methyl sites for hydroxylation is 2. The molecule has 4 nitrogen and oxygen atoms in total. The van der Waals surface area contributed by atoms with Crippen molar-refractivity contribution in [1.29, 1.82) is 0 Å². The van der Waals surface area contributed by atoms with Crippen LogP contribution in [-0.4, -0.2) is 20.3 Å². The molecule has 1 heterocycles. The molecule has 0 bridgehead atoms. The highest BCUT2D eigenvalue weighted by atomic mass is 32.2. The Labute approximate surface area is 117 Å². The summed E-state index contributed by atoms with van der Waals surface area (Å²) in [6, 6.07) is 5.67. The van der Waals surface area contributed by atoms with Crippen molar-refractivity contribution in [2.75, 3.05) is 0 Å². The standard InChI is InChI=1S/C13H13NO3S2/c1-8-3-4-11(5-9(8)2)19(17)7-10-6-18-12(14-10)13(15)16/h3-6H,7H2,1-2H3,(H,15,16). The molecule has 1 unspecified atom stereocenters. The zero-order valence-electron chi connectivity index (χ0n) is 10.5. The van der Waals surface area contributed by atoms with Gasteiger partial charge in [-0.15, -0.1) is 11.3 Å². The summed E-state index contributed by atoms with van der Waals surface area (Å²) < 4.78 is 12.2. The number of benzene rings is 1. The number of carbonyl (C=O) groups is 1. The topological polar surface area (TPSA) is 67.3 Å². The minimum Gasteiger partial charge on any atom is -0.476 e. The number of hydrogen-bond acceptors (Lipinski definition) is 4. The third kappa shape index (κ3) is 3.27. The van der Waals surface area contributed by atoms with Gasteiger partial charge in [-0.1, -0.05) is 6.07 Å². The normalized spacial score (nSPS) is 12.3. The predicted molar refractivity (Wildman–Crippen MR) is 75.1 cm³/mol. The fourth-order valence-electron chi connectivity index (χ4n) is 1.54. The van der Waals surface area contributed by atoms with E-state index in [0.717, 1.165) is 27.4 Å². The molecule has 0 aliphatic carbocycles. The zero-order chi connectivity index (χ0) is 14.0. The number of hydrogen-bond donors (Lipinski definition) is 1. The van der Waals surface area contributed by atoms with Gasteiger partial charge in [0.1, 0.15) is 0 Å². The van der Waals surface area contributed by atoms with Gasteiger partial charge in [-0.3, -0.25) is 4.21 Å². The van der Waals surface area contributed by atoms with E-state index in [1.807, 2.05) is 32.0 Å². The van der Waals surface area contributed by atoms with Gasteiger partial charge in [0.15, 0.2) is 0 Å². The summed E-state index contributed by atoms with van der Waals surface area (Å²) in [6.45, 7) is 3.98.